The SMILES string of the molecule is CCn1cc(CCN2CCNCC2)c2c(O)cc(F)cc21. The fourth-order valence-corrected chi connectivity index (χ4v) is 3.12. The molecule has 114 valence electrons. The van der Waals surface area contributed by atoms with E-state index in [0.717, 1.165) is 62.2 Å². The number of nitrogens with one attached hydrogen (secondary N) is 1. The van der Waals surface area contributed by atoms with Gasteiger partial charge in [-0.15, -0.1) is 0 Å². The number of rotatable bonds is 4. The quantitative estimate of drug-likeness (QED) is 0.904. The number of hydrogen-bond acceptors (Lipinski definition) is 3. The molecule has 1 aromatic carbocycles. The third-order valence-corrected chi connectivity index (χ3v) is 4.25. The molecule has 1 saturated heterocycles. The van der Waals surface area contributed by atoms with Crippen molar-refractivity contribution in [2.75, 3.05) is 32.7 Å². The van der Waals surface area contributed by atoms with E-state index in [0.29, 0.717) is 0 Å². The molecule has 0 aliphatic carbocycles. The summed E-state index contributed by atoms with van der Waals surface area (Å²) in [6.07, 6.45) is 2.93. The zero-order chi connectivity index (χ0) is 14.8. The van der Waals surface area contributed by atoms with Crippen molar-refractivity contribution in [2.24, 2.45) is 0 Å². The number of nitrogens with zero attached hydrogens (tertiary/aromatic N) is 2. The second-order valence-electron chi connectivity index (χ2n) is 5.60. The Morgan fingerprint density at radius 2 is 2.05 bits per heavy atom. The van der Waals surface area contributed by atoms with E-state index in [9.17, 15) is 9.50 Å². The third kappa shape index (κ3) is 2.89. The molecule has 1 aromatic heterocycles. The van der Waals surface area contributed by atoms with Gasteiger partial charge >= 0.3 is 0 Å². The van der Waals surface area contributed by atoms with E-state index in [2.05, 4.69) is 10.2 Å². The van der Waals surface area contributed by atoms with Gasteiger partial charge in [0.25, 0.3) is 0 Å². The molecule has 21 heavy (non-hydrogen) atoms. The van der Waals surface area contributed by atoms with E-state index in [-0.39, 0.29) is 11.6 Å². The summed E-state index contributed by atoms with van der Waals surface area (Å²) >= 11 is 0. The minimum absolute atomic E-state index is 0.0486. The molecule has 0 amide bonds. The lowest BCUT2D eigenvalue weighted by atomic mass is 10.1. The topological polar surface area (TPSA) is 40.4 Å². The summed E-state index contributed by atoms with van der Waals surface area (Å²) < 4.78 is 15.5. The normalized spacial score (nSPS) is 16.7. The standard InChI is InChI=1S/C16H22FN3O/c1-2-20-11-12(3-6-19-7-4-18-5-8-19)16-14(20)9-13(17)10-15(16)21/h9-11,18,21H,2-8H2,1H3. The van der Waals surface area contributed by atoms with Gasteiger partial charge in [0.05, 0.1) is 5.52 Å². The smallest absolute Gasteiger partial charge is 0.129 e. The first-order valence-electron chi connectivity index (χ1n) is 7.62. The van der Waals surface area contributed by atoms with Crippen molar-refractivity contribution in [1.82, 2.24) is 14.8 Å². The molecule has 2 aromatic rings. The Kier molecular flexibility index (Phi) is 4.12. The van der Waals surface area contributed by atoms with Gasteiger partial charge in [0.1, 0.15) is 11.6 Å². The monoisotopic (exact) mass is 291 g/mol. The van der Waals surface area contributed by atoms with Crippen LogP contribution in [0.3, 0.4) is 0 Å². The number of phenols is 1. The maximum absolute atomic E-state index is 13.5. The first kappa shape index (κ1) is 14.4. The molecule has 1 fully saturated rings. The van der Waals surface area contributed by atoms with Crippen LogP contribution in [0.15, 0.2) is 18.3 Å². The Morgan fingerprint density at radius 1 is 1.29 bits per heavy atom. The number of aromatic nitrogens is 1. The molecule has 2 N–H and O–H groups in total. The molecule has 1 aliphatic rings. The van der Waals surface area contributed by atoms with Crippen LogP contribution in [0.4, 0.5) is 4.39 Å². The first-order chi connectivity index (χ1) is 10.2. The summed E-state index contributed by atoms with van der Waals surface area (Å²) in [5, 5.41) is 14.2. The number of halogens is 1. The number of aromatic hydroxyl groups is 1. The molecule has 0 saturated carbocycles. The van der Waals surface area contributed by atoms with Gasteiger partial charge < -0.3 is 19.9 Å². The van der Waals surface area contributed by atoms with Crippen molar-refractivity contribution >= 4 is 10.9 Å². The molecule has 5 heteroatoms. The van der Waals surface area contributed by atoms with Crippen molar-refractivity contribution in [2.45, 2.75) is 19.9 Å². The average molecular weight is 291 g/mol. The zero-order valence-electron chi connectivity index (χ0n) is 12.4. The molecule has 0 atom stereocenters. The lowest BCUT2D eigenvalue weighted by Crippen LogP contribution is -2.44. The summed E-state index contributed by atoms with van der Waals surface area (Å²) in [6.45, 7) is 7.97. The summed E-state index contributed by atoms with van der Waals surface area (Å²) in [4.78, 5) is 2.42. The summed E-state index contributed by atoms with van der Waals surface area (Å²) in [5.74, 6) is -0.339. The highest BCUT2D eigenvalue weighted by Gasteiger charge is 2.15. The number of phenolic OH excluding ortho intramolecular Hbond substituents is 1. The zero-order valence-corrected chi connectivity index (χ0v) is 12.4. The molecule has 4 nitrogen and oxygen atoms in total. The summed E-state index contributed by atoms with van der Waals surface area (Å²) in [7, 11) is 0. The van der Waals surface area contributed by atoms with Gasteiger partial charge in [-0.05, 0) is 25.0 Å². The average Bonchev–Trinajstić information content (AvgIpc) is 2.84. The van der Waals surface area contributed by atoms with E-state index in [4.69, 9.17) is 0 Å². The second kappa shape index (κ2) is 6.03. The van der Waals surface area contributed by atoms with E-state index >= 15 is 0 Å². The largest absolute Gasteiger partial charge is 0.507 e. The molecule has 0 spiro atoms. The van der Waals surface area contributed by atoms with Crippen LogP contribution >= 0.6 is 0 Å². The Labute approximate surface area is 124 Å². The Balaban J connectivity index is 1.87. The summed E-state index contributed by atoms with van der Waals surface area (Å²) in [5.41, 5.74) is 1.88. The molecule has 0 radical (unpaired) electrons. The lowest BCUT2D eigenvalue weighted by molar-refractivity contribution is 0.244. The van der Waals surface area contributed by atoms with E-state index in [1.165, 1.54) is 12.1 Å². The predicted octanol–water partition coefficient (Wildman–Crippen LogP) is 1.95. The van der Waals surface area contributed by atoms with E-state index < -0.39 is 0 Å². The highest BCUT2D eigenvalue weighted by Crippen LogP contribution is 2.31. The van der Waals surface area contributed by atoms with Crippen LogP contribution in [0.25, 0.3) is 10.9 Å². The van der Waals surface area contributed by atoms with Crippen LogP contribution in [0, 0.1) is 5.82 Å². The number of piperazine rings is 1. The van der Waals surface area contributed by atoms with Crippen molar-refractivity contribution < 1.29 is 9.50 Å². The maximum Gasteiger partial charge on any atom is 0.129 e. The molecule has 3 rings (SSSR count). The van der Waals surface area contributed by atoms with Gasteiger partial charge in [0.15, 0.2) is 0 Å². The fourth-order valence-electron chi connectivity index (χ4n) is 3.12. The van der Waals surface area contributed by atoms with Gasteiger partial charge in [-0.25, -0.2) is 4.39 Å². The number of benzene rings is 1. The third-order valence-electron chi connectivity index (χ3n) is 4.25. The Bertz CT molecular complexity index is 632. The highest BCUT2D eigenvalue weighted by molar-refractivity contribution is 5.89. The minimum Gasteiger partial charge on any atom is -0.507 e. The first-order valence-corrected chi connectivity index (χ1v) is 7.62. The minimum atomic E-state index is -0.388. The van der Waals surface area contributed by atoms with Gasteiger partial charge in [0.2, 0.25) is 0 Å². The van der Waals surface area contributed by atoms with Gasteiger partial charge in [-0.2, -0.15) is 0 Å². The van der Waals surface area contributed by atoms with Crippen molar-refractivity contribution in [3.63, 3.8) is 0 Å². The Morgan fingerprint density at radius 3 is 2.76 bits per heavy atom. The summed E-state index contributed by atoms with van der Waals surface area (Å²) in [6, 6.07) is 2.71. The van der Waals surface area contributed by atoms with Crippen molar-refractivity contribution in [3.05, 3.63) is 29.7 Å². The Hall–Kier alpha value is -1.59. The predicted molar refractivity (Wildman–Crippen MR) is 82.2 cm³/mol. The van der Waals surface area contributed by atoms with Crippen LogP contribution in [0.2, 0.25) is 0 Å². The van der Waals surface area contributed by atoms with Crippen LogP contribution in [-0.2, 0) is 13.0 Å². The van der Waals surface area contributed by atoms with Crippen LogP contribution in [-0.4, -0.2) is 47.3 Å². The number of hydrogen-bond donors (Lipinski definition) is 2. The maximum atomic E-state index is 13.5. The lowest BCUT2D eigenvalue weighted by Gasteiger charge is -2.26. The van der Waals surface area contributed by atoms with E-state index in [1.54, 1.807) is 0 Å². The van der Waals surface area contributed by atoms with Crippen LogP contribution < -0.4 is 5.32 Å². The van der Waals surface area contributed by atoms with Gasteiger partial charge in [0, 0.05) is 56.9 Å². The number of fused-ring (bicyclic) bond motifs is 1. The van der Waals surface area contributed by atoms with Crippen LogP contribution in [0.1, 0.15) is 12.5 Å². The number of aryl methyl sites for hydroxylation is 1. The highest BCUT2D eigenvalue weighted by atomic mass is 19.1. The van der Waals surface area contributed by atoms with E-state index in [1.807, 2.05) is 17.7 Å². The van der Waals surface area contributed by atoms with Crippen molar-refractivity contribution in [1.29, 1.82) is 0 Å². The fraction of sp³-hybridized carbons (Fsp3) is 0.500. The van der Waals surface area contributed by atoms with Gasteiger partial charge in [-0.3, -0.25) is 0 Å². The van der Waals surface area contributed by atoms with Crippen molar-refractivity contribution in [3.8, 4) is 5.75 Å². The molecule has 0 bridgehead atoms. The molecular weight excluding hydrogens is 269 g/mol. The second-order valence-corrected chi connectivity index (χ2v) is 5.60. The van der Waals surface area contributed by atoms with Crippen LogP contribution in [0.5, 0.6) is 5.75 Å². The molecule has 0 unspecified atom stereocenters. The molecule has 2 heterocycles. The molecule has 1 aliphatic heterocycles. The molecular formula is C16H22FN3O. The van der Waals surface area contributed by atoms with Gasteiger partial charge in [-0.1, -0.05) is 0 Å².